The van der Waals surface area contributed by atoms with Crippen molar-refractivity contribution in [2.75, 3.05) is 19.6 Å². The van der Waals surface area contributed by atoms with Crippen LogP contribution >= 0.6 is 11.6 Å². The molecule has 3 aliphatic rings. The summed E-state index contributed by atoms with van der Waals surface area (Å²) < 4.78 is 13.7. The van der Waals surface area contributed by atoms with Gasteiger partial charge in [-0.15, -0.1) is 0 Å². The van der Waals surface area contributed by atoms with Gasteiger partial charge in [0.1, 0.15) is 12.1 Å². The van der Waals surface area contributed by atoms with E-state index < -0.39 is 40.9 Å². The largest absolute Gasteiger partial charge is 0.356 e. The lowest BCUT2D eigenvalue weighted by Crippen LogP contribution is -2.60. The van der Waals surface area contributed by atoms with Crippen LogP contribution in [0.2, 0.25) is 0 Å². The van der Waals surface area contributed by atoms with Crippen molar-refractivity contribution >= 4 is 41.1 Å². The van der Waals surface area contributed by atoms with Gasteiger partial charge in [-0.1, -0.05) is 38.8 Å². The molecular formula is C23H35ClFN5O5. The molecule has 3 rings (SSSR count). The molecule has 6 atom stereocenters. The molecule has 0 aromatic heterocycles. The second-order valence-electron chi connectivity index (χ2n) is 10.8. The van der Waals surface area contributed by atoms with Gasteiger partial charge in [-0.25, -0.2) is 9.40 Å². The molecule has 0 aromatic rings. The highest BCUT2D eigenvalue weighted by atomic mass is 35.5. The number of carbonyl (C=O) groups is 5. The van der Waals surface area contributed by atoms with Crippen molar-refractivity contribution in [2.24, 2.45) is 23.2 Å². The Morgan fingerprint density at radius 3 is 2.46 bits per heavy atom. The fraction of sp³-hybridized carbons (Fsp3) is 0.783. The van der Waals surface area contributed by atoms with Crippen LogP contribution in [0.1, 0.15) is 53.4 Å². The molecule has 0 spiro atoms. The van der Waals surface area contributed by atoms with Crippen molar-refractivity contribution in [3.8, 4) is 0 Å². The van der Waals surface area contributed by atoms with Crippen molar-refractivity contribution in [1.82, 2.24) is 26.0 Å². The Morgan fingerprint density at radius 2 is 1.91 bits per heavy atom. The van der Waals surface area contributed by atoms with Crippen LogP contribution in [-0.4, -0.2) is 76.8 Å². The number of nitrogens with one attached hydrogen (secondary N) is 3. The smallest absolute Gasteiger partial charge is 0.291 e. The van der Waals surface area contributed by atoms with Crippen molar-refractivity contribution in [2.45, 2.75) is 71.1 Å². The number of hydrogen-bond donors (Lipinski definition) is 3. The van der Waals surface area contributed by atoms with E-state index in [1.165, 1.54) is 11.8 Å². The van der Waals surface area contributed by atoms with Crippen molar-refractivity contribution < 1.29 is 28.4 Å². The third-order valence-corrected chi connectivity index (χ3v) is 7.35. The fourth-order valence-electron chi connectivity index (χ4n) is 5.43. The first-order valence-corrected chi connectivity index (χ1v) is 12.5. The zero-order chi connectivity index (χ0) is 26.1. The molecule has 5 amide bonds. The minimum absolute atomic E-state index is 0.111. The van der Waals surface area contributed by atoms with E-state index in [2.05, 4.69) is 16.1 Å². The van der Waals surface area contributed by atoms with E-state index in [4.69, 9.17) is 11.6 Å². The van der Waals surface area contributed by atoms with Gasteiger partial charge in [0.25, 0.3) is 17.4 Å². The summed E-state index contributed by atoms with van der Waals surface area (Å²) in [5.41, 5.74) is -0.547. The van der Waals surface area contributed by atoms with Gasteiger partial charge in [0.2, 0.25) is 17.7 Å². The first-order chi connectivity index (χ1) is 16.3. The third-order valence-electron chi connectivity index (χ3n) is 7.17. The van der Waals surface area contributed by atoms with Crippen LogP contribution < -0.4 is 16.1 Å². The van der Waals surface area contributed by atoms with Gasteiger partial charge < -0.3 is 15.5 Å². The molecule has 0 aromatic carbocycles. The first-order valence-electron chi connectivity index (χ1n) is 12.1. The van der Waals surface area contributed by atoms with Gasteiger partial charge in [0.15, 0.2) is 0 Å². The molecule has 2 heterocycles. The van der Waals surface area contributed by atoms with Gasteiger partial charge in [0.05, 0.1) is 12.5 Å². The number of hydrogen-bond acceptors (Lipinski definition) is 5. The highest BCUT2D eigenvalue weighted by Crippen LogP contribution is 2.43. The Morgan fingerprint density at radius 1 is 1.23 bits per heavy atom. The number of rotatable bonds is 6. The molecule has 0 bridgehead atoms. The number of alkyl halides is 2. The number of nitrogens with zero attached hydrogens (tertiary/aromatic N) is 2. The van der Waals surface area contributed by atoms with Gasteiger partial charge in [-0.2, -0.15) is 0 Å². The Labute approximate surface area is 209 Å². The van der Waals surface area contributed by atoms with E-state index in [1.54, 1.807) is 0 Å². The second-order valence-corrected chi connectivity index (χ2v) is 11.2. The predicted molar refractivity (Wildman–Crippen MR) is 125 cm³/mol. The van der Waals surface area contributed by atoms with E-state index in [-0.39, 0.29) is 36.1 Å². The van der Waals surface area contributed by atoms with Gasteiger partial charge in [-0.05, 0) is 36.5 Å². The average Bonchev–Trinajstić information content (AvgIpc) is 3.45. The van der Waals surface area contributed by atoms with E-state index in [1.807, 2.05) is 20.8 Å². The first kappa shape index (κ1) is 27.2. The summed E-state index contributed by atoms with van der Waals surface area (Å²) in [4.78, 5) is 64.9. The van der Waals surface area contributed by atoms with Crippen LogP contribution in [0.25, 0.3) is 0 Å². The maximum atomic E-state index is 13.7. The van der Waals surface area contributed by atoms with Gasteiger partial charge in [-0.3, -0.25) is 29.4 Å². The molecule has 196 valence electrons. The highest BCUT2D eigenvalue weighted by Gasteiger charge is 2.52. The SMILES string of the molecule is CC(=O)NC(C(=O)N1C[C@@H]2CCC[C@@H]2[C@H]1C(=O)NN(C[C@@H]1CCNC1=O)C(=O)C(F)Cl)C(C)(C)C. The molecule has 3 N–H and O–H groups in total. The molecule has 2 aliphatic heterocycles. The molecule has 10 nitrogen and oxygen atoms in total. The molecule has 3 fully saturated rings. The summed E-state index contributed by atoms with van der Waals surface area (Å²) in [5, 5.41) is 6.11. The molecular weight excluding hydrogens is 481 g/mol. The fourth-order valence-corrected chi connectivity index (χ4v) is 5.55. The average molecular weight is 516 g/mol. The Kier molecular flexibility index (Phi) is 8.28. The number of carbonyl (C=O) groups excluding carboxylic acids is 5. The summed E-state index contributed by atoms with van der Waals surface area (Å²) in [6.45, 7) is 7.36. The van der Waals surface area contributed by atoms with Crippen LogP contribution in [0.5, 0.6) is 0 Å². The van der Waals surface area contributed by atoms with E-state index in [9.17, 15) is 28.4 Å². The van der Waals surface area contributed by atoms with Crippen LogP contribution in [0.15, 0.2) is 0 Å². The maximum Gasteiger partial charge on any atom is 0.291 e. The van der Waals surface area contributed by atoms with Crippen molar-refractivity contribution in [3.63, 3.8) is 0 Å². The highest BCUT2D eigenvalue weighted by molar-refractivity contribution is 6.29. The number of amides is 5. The van der Waals surface area contributed by atoms with Crippen LogP contribution in [0.3, 0.4) is 0 Å². The minimum atomic E-state index is -2.40. The summed E-state index contributed by atoms with van der Waals surface area (Å²) in [7, 11) is 0. The molecule has 35 heavy (non-hydrogen) atoms. The lowest BCUT2D eigenvalue weighted by molar-refractivity contribution is -0.150. The summed E-state index contributed by atoms with van der Waals surface area (Å²) in [6.07, 6.45) is 2.93. The number of hydrazine groups is 1. The minimum Gasteiger partial charge on any atom is -0.356 e. The van der Waals surface area contributed by atoms with Crippen LogP contribution in [0.4, 0.5) is 4.39 Å². The van der Waals surface area contributed by atoms with Crippen LogP contribution in [-0.2, 0) is 24.0 Å². The zero-order valence-electron chi connectivity index (χ0n) is 20.6. The Hall–Kier alpha value is -2.43. The summed E-state index contributed by atoms with van der Waals surface area (Å²) in [6, 6.07) is -1.75. The molecule has 2 saturated heterocycles. The molecule has 1 saturated carbocycles. The number of halogens is 2. The predicted octanol–water partition coefficient (Wildman–Crippen LogP) is 0.695. The van der Waals surface area contributed by atoms with Crippen molar-refractivity contribution in [3.05, 3.63) is 0 Å². The van der Waals surface area contributed by atoms with Crippen LogP contribution in [0, 0.1) is 23.2 Å². The van der Waals surface area contributed by atoms with E-state index in [0.29, 0.717) is 19.5 Å². The van der Waals surface area contributed by atoms with Gasteiger partial charge >= 0.3 is 0 Å². The second kappa shape index (κ2) is 10.7. The normalized spacial score (nSPS) is 27.6. The summed E-state index contributed by atoms with van der Waals surface area (Å²) in [5.74, 6) is -3.46. The standard InChI is InChI=1S/C23H35ClFN5O5/c1-12(31)27-17(23(2,3)4)21(34)29-10-13-6-5-7-15(13)16(29)20(33)28-30(22(35)18(24)25)11-14-8-9-26-19(14)32/h13-18H,5-11H2,1-4H3,(H,26,32)(H,27,31)(H,28,33)/t13-,14-,15-,16-,17?,18?/m0/s1. The lowest BCUT2D eigenvalue weighted by Gasteiger charge is -2.37. The maximum absolute atomic E-state index is 13.7. The number of fused-ring (bicyclic) bond motifs is 1. The Balaban J connectivity index is 1.85. The Bertz CT molecular complexity index is 879. The molecule has 12 heteroatoms. The van der Waals surface area contributed by atoms with E-state index >= 15 is 0 Å². The van der Waals surface area contributed by atoms with E-state index in [0.717, 1.165) is 24.3 Å². The zero-order valence-corrected chi connectivity index (χ0v) is 21.4. The molecule has 0 radical (unpaired) electrons. The van der Waals surface area contributed by atoms with Crippen molar-refractivity contribution in [1.29, 1.82) is 0 Å². The van der Waals surface area contributed by atoms with Gasteiger partial charge in [0, 0.05) is 20.0 Å². The topological polar surface area (TPSA) is 128 Å². The quantitative estimate of drug-likeness (QED) is 0.354. The summed E-state index contributed by atoms with van der Waals surface area (Å²) >= 11 is 5.38. The molecule has 1 aliphatic carbocycles. The third kappa shape index (κ3) is 6.05. The molecule has 2 unspecified atom stereocenters. The monoisotopic (exact) mass is 515 g/mol. The number of likely N-dealkylation sites (tertiary alicyclic amines) is 1. The lowest BCUT2D eigenvalue weighted by atomic mass is 9.85.